The van der Waals surface area contributed by atoms with Gasteiger partial charge in [-0.25, -0.2) is 0 Å². The highest BCUT2D eigenvalue weighted by atomic mass is 16.5. The van der Waals surface area contributed by atoms with Crippen molar-refractivity contribution in [2.75, 3.05) is 19.7 Å². The van der Waals surface area contributed by atoms with Crippen molar-refractivity contribution in [3.8, 4) is 12.3 Å². The van der Waals surface area contributed by atoms with Crippen molar-refractivity contribution >= 4 is 11.9 Å². The largest absolute Gasteiger partial charge is 0.466 e. The van der Waals surface area contributed by atoms with E-state index in [9.17, 15) is 9.59 Å². The zero-order valence-electron chi connectivity index (χ0n) is 9.57. The molecule has 1 atom stereocenters. The molecule has 0 saturated carbocycles. The van der Waals surface area contributed by atoms with E-state index in [0.717, 1.165) is 12.8 Å². The summed E-state index contributed by atoms with van der Waals surface area (Å²) in [4.78, 5) is 24.7. The first kappa shape index (κ1) is 12.6. The van der Waals surface area contributed by atoms with Gasteiger partial charge >= 0.3 is 5.97 Å². The van der Waals surface area contributed by atoms with Crippen molar-refractivity contribution in [1.29, 1.82) is 0 Å². The molecule has 1 heterocycles. The van der Waals surface area contributed by atoms with Crippen LogP contribution >= 0.6 is 0 Å². The number of ether oxygens (including phenoxy) is 1. The van der Waals surface area contributed by atoms with E-state index in [1.165, 1.54) is 0 Å². The van der Waals surface area contributed by atoms with E-state index in [-0.39, 0.29) is 24.2 Å². The summed E-state index contributed by atoms with van der Waals surface area (Å²) in [6, 6.07) is 0. The molecule has 4 nitrogen and oxygen atoms in total. The van der Waals surface area contributed by atoms with Gasteiger partial charge in [0.15, 0.2) is 0 Å². The minimum atomic E-state index is -0.208. The van der Waals surface area contributed by atoms with Crippen LogP contribution < -0.4 is 0 Å². The Morgan fingerprint density at radius 1 is 1.56 bits per heavy atom. The van der Waals surface area contributed by atoms with Crippen LogP contribution in [0.4, 0.5) is 0 Å². The monoisotopic (exact) mass is 223 g/mol. The second-order valence-corrected chi connectivity index (χ2v) is 3.81. The molecule has 1 saturated heterocycles. The van der Waals surface area contributed by atoms with E-state index in [0.29, 0.717) is 19.7 Å². The number of carbonyl (C=O) groups is 2. The van der Waals surface area contributed by atoms with Crippen LogP contribution in [-0.4, -0.2) is 36.5 Å². The van der Waals surface area contributed by atoms with Crippen molar-refractivity contribution in [3.63, 3.8) is 0 Å². The average Bonchev–Trinajstić information content (AvgIpc) is 2.30. The van der Waals surface area contributed by atoms with Gasteiger partial charge in [0.1, 0.15) is 0 Å². The first-order valence-electron chi connectivity index (χ1n) is 5.57. The van der Waals surface area contributed by atoms with Gasteiger partial charge in [-0.15, -0.1) is 6.42 Å². The molecule has 1 fully saturated rings. The fourth-order valence-electron chi connectivity index (χ4n) is 1.86. The van der Waals surface area contributed by atoms with E-state index in [2.05, 4.69) is 5.92 Å². The number of likely N-dealkylation sites (tertiary alicyclic amines) is 1. The number of amides is 1. The van der Waals surface area contributed by atoms with Gasteiger partial charge in [0, 0.05) is 13.1 Å². The number of terminal acetylenes is 1. The summed E-state index contributed by atoms with van der Waals surface area (Å²) < 4.78 is 4.95. The zero-order chi connectivity index (χ0) is 12.0. The highest BCUT2D eigenvalue weighted by Gasteiger charge is 2.28. The summed E-state index contributed by atoms with van der Waals surface area (Å²) in [5, 5.41) is 0. The van der Waals surface area contributed by atoms with Gasteiger partial charge in [-0.05, 0) is 19.8 Å². The minimum Gasteiger partial charge on any atom is -0.466 e. The van der Waals surface area contributed by atoms with Crippen LogP contribution in [0.15, 0.2) is 0 Å². The van der Waals surface area contributed by atoms with Crippen molar-refractivity contribution in [1.82, 2.24) is 4.90 Å². The van der Waals surface area contributed by atoms with Gasteiger partial charge in [-0.2, -0.15) is 0 Å². The Labute approximate surface area is 95.9 Å². The molecule has 4 heteroatoms. The maximum atomic E-state index is 11.6. The SMILES string of the molecule is C#CCC(=O)N1CCC[C@@H](C(=O)OCC)C1. The van der Waals surface area contributed by atoms with Crippen molar-refractivity contribution < 1.29 is 14.3 Å². The van der Waals surface area contributed by atoms with Crippen molar-refractivity contribution in [2.45, 2.75) is 26.2 Å². The molecule has 1 aliphatic rings. The van der Waals surface area contributed by atoms with E-state index < -0.39 is 0 Å². The first-order chi connectivity index (χ1) is 7.69. The van der Waals surface area contributed by atoms with Crippen molar-refractivity contribution in [2.24, 2.45) is 5.92 Å². The molecule has 16 heavy (non-hydrogen) atoms. The van der Waals surface area contributed by atoms with Crippen LogP contribution in [0.5, 0.6) is 0 Å². The second-order valence-electron chi connectivity index (χ2n) is 3.81. The Hall–Kier alpha value is -1.50. The standard InChI is InChI=1S/C12H17NO3/c1-3-6-11(14)13-8-5-7-10(9-13)12(15)16-4-2/h1,10H,4-9H2,2H3/t10-/m1/s1. The normalized spacial score (nSPS) is 20.0. The number of esters is 1. The summed E-state index contributed by atoms with van der Waals surface area (Å²) in [5.74, 6) is 1.86. The molecule has 1 rings (SSSR count). The Morgan fingerprint density at radius 2 is 2.31 bits per heavy atom. The van der Waals surface area contributed by atoms with Gasteiger partial charge in [0.2, 0.25) is 5.91 Å². The maximum Gasteiger partial charge on any atom is 0.310 e. The Kier molecular flexibility index (Phi) is 4.84. The lowest BCUT2D eigenvalue weighted by atomic mass is 9.98. The molecule has 0 aliphatic carbocycles. The summed E-state index contributed by atoms with van der Waals surface area (Å²) in [7, 11) is 0. The summed E-state index contributed by atoms with van der Waals surface area (Å²) >= 11 is 0. The van der Waals surface area contributed by atoms with E-state index in [4.69, 9.17) is 11.2 Å². The maximum absolute atomic E-state index is 11.6. The predicted octanol–water partition coefficient (Wildman–Crippen LogP) is 0.811. The Morgan fingerprint density at radius 3 is 2.94 bits per heavy atom. The molecule has 0 spiro atoms. The molecule has 0 aromatic rings. The van der Waals surface area contributed by atoms with Gasteiger partial charge in [0.05, 0.1) is 18.9 Å². The number of piperidine rings is 1. The van der Waals surface area contributed by atoms with Gasteiger partial charge in [0.25, 0.3) is 0 Å². The summed E-state index contributed by atoms with van der Waals surface area (Å²) in [6.07, 6.45) is 6.82. The van der Waals surface area contributed by atoms with Crippen LogP contribution in [0.3, 0.4) is 0 Å². The van der Waals surface area contributed by atoms with Gasteiger partial charge < -0.3 is 9.64 Å². The fraction of sp³-hybridized carbons (Fsp3) is 0.667. The number of nitrogens with zero attached hydrogens (tertiary/aromatic N) is 1. The van der Waals surface area contributed by atoms with Crippen LogP contribution in [0.1, 0.15) is 26.2 Å². The van der Waals surface area contributed by atoms with Gasteiger partial charge in [-0.1, -0.05) is 5.92 Å². The average molecular weight is 223 g/mol. The topological polar surface area (TPSA) is 46.6 Å². The van der Waals surface area contributed by atoms with E-state index in [1.54, 1.807) is 11.8 Å². The van der Waals surface area contributed by atoms with Crippen LogP contribution in [0.25, 0.3) is 0 Å². The zero-order valence-corrected chi connectivity index (χ0v) is 9.57. The Bertz CT molecular complexity index is 306. The first-order valence-corrected chi connectivity index (χ1v) is 5.57. The van der Waals surface area contributed by atoms with Crippen LogP contribution in [-0.2, 0) is 14.3 Å². The summed E-state index contributed by atoms with van der Waals surface area (Å²) in [5.41, 5.74) is 0. The predicted molar refractivity (Wildman–Crippen MR) is 59.4 cm³/mol. The van der Waals surface area contributed by atoms with Gasteiger partial charge in [-0.3, -0.25) is 9.59 Å². The lowest BCUT2D eigenvalue weighted by Crippen LogP contribution is -2.42. The molecule has 88 valence electrons. The quantitative estimate of drug-likeness (QED) is 0.525. The van der Waals surface area contributed by atoms with Crippen LogP contribution in [0.2, 0.25) is 0 Å². The third-order valence-corrected chi connectivity index (χ3v) is 2.65. The molecule has 0 aromatic heterocycles. The minimum absolute atomic E-state index is 0.0727. The number of hydrogen-bond acceptors (Lipinski definition) is 3. The highest BCUT2D eigenvalue weighted by molar-refractivity contribution is 5.80. The third kappa shape index (κ3) is 3.27. The van der Waals surface area contributed by atoms with E-state index >= 15 is 0 Å². The lowest BCUT2D eigenvalue weighted by molar-refractivity contribution is -0.151. The van der Waals surface area contributed by atoms with Crippen LogP contribution in [0, 0.1) is 18.3 Å². The molecule has 1 aliphatic heterocycles. The van der Waals surface area contributed by atoms with E-state index in [1.807, 2.05) is 0 Å². The molecule has 0 N–H and O–H groups in total. The molecule has 0 bridgehead atoms. The Balaban J connectivity index is 2.50. The second kappa shape index (κ2) is 6.16. The highest BCUT2D eigenvalue weighted by Crippen LogP contribution is 2.18. The molecule has 0 radical (unpaired) electrons. The molecule has 0 unspecified atom stereocenters. The molecular formula is C12H17NO3. The van der Waals surface area contributed by atoms with Crippen molar-refractivity contribution in [3.05, 3.63) is 0 Å². The number of rotatable bonds is 3. The number of carbonyl (C=O) groups excluding carboxylic acids is 2. The third-order valence-electron chi connectivity index (χ3n) is 2.65. The number of hydrogen-bond donors (Lipinski definition) is 0. The smallest absolute Gasteiger partial charge is 0.310 e. The molecule has 0 aromatic carbocycles. The molecule has 1 amide bonds. The molecular weight excluding hydrogens is 206 g/mol. The summed E-state index contributed by atoms with van der Waals surface area (Å²) in [6.45, 7) is 3.30. The lowest BCUT2D eigenvalue weighted by Gasteiger charge is -2.31. The fourth-order valence-corrected chi connectivity index (χ4v) is 1.86.